The molecule has 3 atom stereocenters. The molecule has 0 spiro atoms. The van der Waals surface area contributed by atoms with Gasteiger partial charge in [0.15, 0.2) is 0 Å². The summed E-state index contributed by atoms with van der Waals surface area (Å²) in [5.74, 6) is 4.60. The van der Waals surface area contributed by atoms with Crippen molar-refractivity contribution < 1.29 is 14.2 Å². The number of ether oxygens (including phenoxy) is 3. The highest BCUT2D eigenvalue weighted by atomic mass is 16.5. The third-order valence-electron chi connectivity index (χ3n) is 18.8. The Labute approximate surface area is 479 Å². The number of benzene rings is 13. The van der Waals surface area contributed by atoms with Gasteiger partial charge in [-0.1, -0.05) is 209 Å². The van der Waals surface area contributed by atoms with E-state index in [0.717, 1.165) is 56.3 Å². The van der Waals surface area contributed by atoms with E-state index in [0.29, 0.717) is 17.8 Å². The highest BCUT2D eigenvalue weighted by Gasteiger charge is 2.22. The summed E-state index contributed by atoms with van der Waals surface area (Å²) in [6.07, 6.45) is 14.4. The van der Waals surface area contributed by atoms with E-state index in [9.17, 15) is 0 Å². The van der Waals surface area contributed by atoms with Gasteiger partial charge >= 0.3 is 0 Å². The van der Waals surface area contributed by atoms with Crippen LogP contribution in [0.3, 0.4) is 0 Å². The highest BCUT2D eigenvalue weighted by molar-refractivity contribution is 6.29. The third kappa shape index (κ3) is 9.59. The first-order chi connectivity index (χ1) is 39.9. The summed E-state index contributed by atoms with van der Waals surface area (Å²) in [4.78, 5) is 0. The summed E-state index contributed by atoms with van der Waals surface area (Å²) in [5.41, 5.74) is 7.27. The zero-order valence-corrected chi connectivity index (χ0v) is 48.7. The molecule has 3 unspecified atom stereocenters. The lowest BCUT2D eigenvalue weighted by atomic mass is 9.84. The molecule has 0 aliphatic heterocycles. The lowest BCUT2D eigenvalue weighted by Gasteiger charge is -2.21. The summed E-state index contributed by atoms with van der Waals surface area (Å²) in [7, 11) is 0. The van der Waals surface area contributed by atoms with E-state index < -0.39 is 0 Å². The number of hydrogen-bond donors (Lipinski definition) is 0. The average Bonchev–Trinajstić information content (AvgIpc) is 3.66. The van der Waals surface area contributed by atoms with Crippen molar-refractivity contribution in [2.75, 3.05) is 19.8 Å². The zero-order valence-electron chi connectivity index (χ0n) is 48.7. The van der Waals surface area contributed by atoms with Crippen LogP contribution >= 0.6 is 0 Å². The van der Waals surface area contributed by atoms with Crippen LogP contribution < -0.4 is 14.2 Å². The van der Waals surface area contributed by atoms with Crippen molar-refractivity contribution in [1.82, 2.24) is 0 Å². The second kappa shape index (κ2) is 22.7. The van der Waals surface area contributed by atoms with Crippen LogP contribution in [0.15, 0.2) is 164 Å². The molecule has 81 heavy (non-hydrogen) atoms. The molecule has 0 N–H and O–H groups in total. The summed E-state index contributed by atoms with van der Waals surface area (Å²) in [5, 5.41) is 22.5. The summed E-state index contributed by atoms with van der Waals surface area (Å²) >= 11 is 0. The van der Waals surface area contributed by atoms with Gasteiger partial charge < -0.3 is 14.2 Å². The second-order valence-corrected chi connectivity index (χ2v) is 23.8. The minimum absolute atomic E-state index is 0.550. The number of rotatable bonds is 24. The molecule has 0 amide bonds. The fourth-order valence-corrected chi connectivity index (χ4v) is 13.9. The Balaban J connectivity index is 0.997. The minimum Gasteiger partial charge on any atom is -0.493 e. The molecule has 13 aromatic rings. The van der Waals surface area contributed by atoms with Crippen molar-refractivity contribution in [3.05, 3.63) is 164 Å². The Hall–Kier alpha value is -7.62. The van der Waals surface area contributed by atoms with Crippen LogP contribution in [-0.4, -0.2) is 19.8 Å². The Bertz CT molecular complexity index is 3900. The predicted molar refractivity (Wildman–Crippen MR) is 350 cm³/mol. The van der Waals surface area contributed by atoms with Crippen molar-refractivity contribution in [1.29, 1.82) is 0 Å². The van der Waals surface area contributed by atoms with Gasteiger partial charge in [0.25, 0.3) is 0 Å². The largest absolute Gasteiger partial charge is 0.493 e. The van der Waals surface area contributed by atoms with Crippen molar-refractivity contribution >= 4 is 97.0 Å². The van der Waals surface area contributed by atoms with Gasteiger partial charge in [0, 0.05) is 32.3 Å². The van der Waals surface area contributed by atoms with Crippen LogP contribution in [0.2, 0.25) is 0 Å². The van der Waals surface area contributed by atoms with E-state index in [-0.39, 0.29) is 0 Å². The lowest BCUT2D eigenvalue weighted by molar-refractivity contribution is 0.235. The molecule has 0 aliphatic rings. The van der Waals surface area contributed by atoms with Gasteiger partial charge in [-0.25, -0.2) is 0 Å². The molecule has 0 heterocycles. The molecule has 0 radical (unpaired) electrons. The van der Waals surface area contributed by atoms with Gasteiger partial charge in [0.2, 0.25) is 0 Å². The maximum absolute atomic E-state index is 6.79. The molecule has 13 rings (SSSR count). The molecule has 0 saturated heterocycles. The molecule has 0 aromatic heterocycles. The van der Waals surface area contributed by atoms with Crippen molar-refractivity contribution in [3.63, 3.8) is 0 Å². The molecule has 0 aliphatic carbocycles. The maximum Gasteiger partial charge on any atom is 0.127 e. The van der Waals surface area contributed by atoms with E-state index in [1.807, 2.05) is 0 Å². The molecular formula is C78H78O3. The van der Waals surface area contributed by atoms with Gasteiger partial charge in [-0.3, -0.25) is 0 Å². The molecule has 13 aromatic carbocycles. The standard InChI is InChI=1S/C78H78O3/c1-7-13-16-49(10-4)46-79-70-40-28-55-22-34-64-61(31-19-52-25-37-67(70)76(55)73(52)64)58-43-59(62-32-20-53-26-38-68-71(80-47-50(11-5)17-14-8-2)41-29-56-23-35-65(62)74(53)77(56)68)45-60(44-58)63-33-21-54-27-39-69-72(81-48-51(12-6)18-15-9-3)42-30-57-24-36-66(63)75(54)78(57)69/h19-45,49-51H,7-18,46-48H2,1-6H3. The van der Waals surface area contributed by atoms with Gasteiger partial charge in [0.05, 0.1) is 19.8 Å². The molecule has 408 valence electrons. The number of unbranched alkanes of at least 4 members (excludes halogenated alkanes) is 3. The van der Waals surface area contributed by atoms with E-state index in [1.165, 1.54) is 188 Å². The minimum atomic E-state index is 0.550. The van der Waals surface area contributed by atoms with Gasteiger partial charge in [-0.15, -0.1) is 0 Å². The van der Waals surface area contributed by atoms with Crippen LogP contribution in [0.4, 0.5) is 0 Å². The Morgan fingerprint density at radius 3 is 0.765 bits per heavy atom. The van der Waals surface area contributed by atoms with Gasteiger partial charge in [-0.05, 0) is 190 Å². The molecule has 0 bridgehead atoms. The smallest absolute Gasteiger partial charge is 0.127 e. The van der Waals surface area contributed by atoms with E-state index >= 15 is 0 Å². The first-order valence-corrected chi connectivity index (χ1v) is 31.1. The van der Waals surface area contributed by atoms with Crippen LogP contribution in [0.5, 0.6) is 17.2 Å². The van der Waals surface area contributed by atoms with E-state index in [2.05, 4.69) is 205 Å². The molecular weight excluding hydrogens is 985 g/mol. The van der Waals surface area contributed by atoms with Crippen molar-refractivity contribution in [2.24, 2.45) is 17.8 Å². The SMILES string of the molecule is CCCCC(CC)COc1ccc2ccc3c(-c4cc(-c5ccc6ccc7c(OCC(CC)CCCC)ccc8ccc5c6c87)cc(-c5ccc6ccc7c(OCC(CC)CCCC)ccc8ccc5c6c87)c4)ccc4ccc1c2c43. The normalized spacial score (nSPS) is 13.4. The Morgan fingerprint density at radius 1 is 0.272 bits per heavy atom. The number of hydrogen-bond acceptors (Lipinski definition) is 3. The molecule has 0 saturated carbocycles. The zero-order chi connectivity index (χ0) is 55.1. The Kier molecular flexibility index (Phi) is 14.8. The topological polar surface area (TPSA) is 27.7 Å². The fraction of sp³-hybridized carbons (Fsp3) is 0.308. The van der Waals surface area contributed by atoms with Crippen molar-refractivity contribution in [2.45, 2.75) is 119 Å². The van der Waals surface area contributed by atoms with E-state index in [1.54, 1.807) is 0 Å². The first-order valence-electron chi connectivity index (χ1n) is 31.1. The fourth-order valence-electron chi connectivity index (χ4n) is 13.9. The first kappa shape index (κ1) is 52.7. The second-order valence-electron chi connectivity index (χ2n) is 23.8. The highest BCUT2D eigenvalue weighted by Crippen LogP contribution is 2.48. The van der Waals surface area contributed by atoms with Gasteiger partial charge in [0.1, 0.15) is 17.2 Å². The van der Waals surface area contributed by atoms with Crippen LogP contribution in [0.25, 0.3) is 130 Å². The third-order valence-corrected chi connectivity index (χ3v) is 18.8. The quantitative estimate of drug-likeness (QED) is 0.0565. The van der Waals surface area contributed by atoms with Crippen molar-refractivity contribution in [3.8, 4) is 50.6 Å². The molecule has 3 nitrogen and oxygen atoms in total. The predicted octanol–water partition coefficient (Wildman–Crippen LogP) is 23.2. The molecule has 3 heteroatoms. The van der Waals surface area contributed by atoms with Crippen LogP contribution in [0.1, 0.15) is 119 Å². The molecule has 0 fully saturated rings. The lowest BCUT2D eigenvalue weighted by Crippen LogP contribution is -2.11. The average molecular weight is 1060 g/mol. The summed E-state index contributed by atoms with van der Waals surface area (Å²) in [6.45, 7) is 16.0. The van der Waals surface area contributed by atoms with Crippen LogP contribution in [-0.2, 0) is 0 Å². The van der Waals surface area contributed by atoms with Gasteiger partial charge in [-0.2, -0.15) is 0 Å². The maximum atomic E-state index is 6.79. The Morgan fingerprint density at radius 2 is 0.506 bits per heavy atom. The van der Waals surface area contributed by atoms with E-state index in [4.69, 9.17) is 14.2 Å². The summed E-state index contributed by atoms with van der Waals surface area (Å²) < 4.78 is 20.4. The van der Waals surface area contributed by atoms with Crippen LogP contribution in [0, 0.1) is 17.8 Å². The summed E-state index contributed by atoms with van der Waals surface area (Å²) in [6, 6.07) is 62.9. The monoisotopic (exact) mass is 1060 g/mol.